The van der Waals surface area contributed by atoms with Crippen molar-refractivity contribution in [2.24, 2.45) is 0 Å². The first kappa shape index (κ1) is 15.9. The van der Waals surface area contributed by atoms with Gasteiger partial charge in [-0.25, -0.2) is 4.98 Å². The lowest BCUT2D eigenvalue weighted by Gasteiger charge is -2.09. The lowest BCUT2D eigenvalue weighted by atomic mass is 10.1. The molecule has 122 valence electrons. The fourth-order valence-electron chi connectivity index (χ4n) is 2.78. The number of nitriles is 1. The molecule has 0 aliphatic heterocycles. The number of benzene rings is 2. The third-order valence-corrected chi connectivity index (χ3v) is 4.25. The molecule has 24 heavy (non-hydrogen) atoms. The van der Waals surface area contributed by atoms with Gasteiger partial charge in [0.1, 0.15) is 12.4 Å². The van der Waals surface area contributed by atoms with Crippen molar-refractivity contribution in [3.63, 3.8) is 0 Å². The van der Waals surface area contributed by atoms with Crippen molar-refractivity contribution in [1.82, 2.24) is 9.55 Å². The van der Waals surface area contributed by atoms with Crippen molar-refractivity contribution in [3.05, 3.63) is 41.5 Å². The molecule has 0 radical (unpaired) electrons. The molecule has 0 unspecified atom stereocenters. The van der Waals surface area contributed by atoms with Crippen molar-refractivity contribution in [3.8, 4) is 29.0 Å². The van der Waals surface area contributed by atoms with Gasteiger partial charge in [-0.15, -0.1) is 0 Å². The van der Waals surface area contributed by atoms with Crippen molar-refractivity contribution in [1.29, 1.82) is 5.26 Å². The normalized spacial score (nSPS) is 10.6. The van der Waals surface area contributed by atoms with E-state index in [2.05, 4.69) is 32.0 Å². The van der Waals surface area contributed by atoms with Crippen LogP contribution in [0.15, 0.2) is 30.3 Å². The SMILES string of the molecule is COc1cc2nc(-c3ccc(C)c(C)c3)n(CC#N)c2cc1OC. The van der Waals surface area contributed by atoms with Gasteiger partial charge in [-0.05, 0) is 31.0 Å². The number of nitrogens with zero attached hydrogens (tertiary/aromatic N) is 3. The smallest absolute Gasteiger partial charge is 0.163 e. The maximum atomic E-state index is 9.24. The number of hydrogen-bond donors (Lipinski definition) is 0. The van der Waals surface area contributed by atoms with Gasteiger partial charge in [0.15, 0.2) is 11.5 Å². The molecule has 0 bridgehead atoms. The van der Waals surface area contributed by atoms with Crippen LogP contribution in [0.2, 0.25) is 0 Å². The average Bonchev–Trinajstić information content (AvgIpc) is 2.94. The van der Waals surface area contributed by atoms with Crippen molar-refractivity contribution >= 4 is 11.0 Å². The zero-order chi connectivity index (χ0) is 17.3. The van der Waals surface area contributed by atoms with Crippen LogP contribution in [0.1, 0.15) is 11.1 Å². The highest BCUT2D eigenvalue weighted by Gasteiger charge is 2.16. The van der Waals surface area contributed by atoms with Gasteiger partial charge >= 0.3 is 0 Å². The van der Waals surface area contributed by atoms with Crippen molar-refractivity contribution in [2.45, 2.75) is 20.4 Å². The first-order valence-corrected chi connectivity index (χ1v) is 7.66. The number of fused-ring (bicyclic) bond motifs is 1. The third-order valence-electron chi connectivity index (χ3n) is 4.25. The van der Waals surface area contributed by atoms with Gasteiger partial charge in [-0.2, -0.15) is 5.26 Å². The highest BCUT2D eigenvalue weighted by atomic mass is 16.5. The fourth-order valence-corrected chi connectivity index (χ4v) is 2.78. The van der Waals surface area contributed by atoms with E-state index in [1.807, 2.05) is 22.8 Å². The van der Waals surface area contributed by atoms with Gasteiger partial charge in [0.2, 0.25) is 0 Å². The van der Waals surface area contributed by atoms with Crippen LogP contribution in [0.5, 0.6) is 11.5 Å². The fraction of sp³-hybridized carbons (Fsp3) is 0.263. The second-order valence-corrected chi connectivity index (χ2v) is 5.67. The maximum Gasteiger partial charge on any atom is 0.163 e. The molecule has 5 nitrogen and oxygen atoms in total. The van der Waals surface area contributed by atoms with Crippen LogP contribution in [-0.4, -0.2) is 23.8 Å². The van der Waals surface area contributed by atoms with Crippen LogP contribution in [-0.2, 0) is 6.54 Å². The largest absolute Gasteiger partial charge is 0.493 e. The molecular weight excluding hydrogens is 302 g/mol. The van der Waals surface area contributed by atoms with Crippen LogP contribution in [0.3, 0.4) is 0 Å². The summed E-state index contributed by atoms with van der Waals surface area (Å²) in [5.74, 6) is 2.01. The quantitative estimate of drug-likeness (QED) is 0.732. The first-order valence-electron chi connectivity index (χ1n) is 7.66. The molecule has 0 aliphatic rings. The minimum absolute atomic E-state index is 0.217. The Balaban J connectivity index is 2.29. The molecule has 0 saturated carbocycles. The van der Waals surface area contributed by atoms with Gasteiger partial charge in [-0.3, -0.25) is 0 Å². The highest BCUT2D eigenvalue weighted by Crippen LogP contribution is 2.34. The number of methoxy groups -OCH3 is 2. The molecule has 1 aromatic heterocycles. The lowest BCUT2D eigenvalue weighted by molar-refractivity contribution is 0.355. The molecule has 0 amide bonds. The Labute approximate surface area is 141 Å². The Hall–Kier alpha value is -3.00. The summed E-state index contributed by atoms with van der Waals surface area (Å²) in [6.07, 6.45) is 0. The highest BCUT2D eigenvalue weighted by molar-refractivity contribution is 5.84. The van der Waals surface area contributed by atoms with Gasteiger partial charge in [0.25, 0.3) is 0 Å². The summed E-state index contributed by atoms with van der Waals surface area (Å²) in [5.41, 5.74) is 5.03. The van der Waals surface area contributed by atoms with E-state index in [1.165, 1.54) is 11.1 Å². The van der Waals surface area contributed by atoms with Crippen molar-refractivity contribution < 1.29 is 9.47 Å². The van der Waals surface area contributed by atoms with Crippen LogP contribution >= 0.6 is 0 Å². The lowest BCUT2D eigenvalue weighted by Crippen LogP contribution is -1.99. The Kier molecular flexibility index (Phi) is 4.13. The van der Waals surface area contributed by atoms with E-state index in [4.69, 9.17) is 14.5 Å². The molecule has 0 fully saturated rings. The van der Waals surface area contributed by atoms with Gasteiger partial charge in [0, 0.05) is 17.7 Å². The number of hydrogen-bond acceptors (Lipinski definition) is 4. The second-order valence-electron chi connectivity index (χ2n) is 5.67. The van der Waals surface area contributed by atoms with E-state index in [0.29, 0.717) is 11.5 Å². The minimum atomic E-state index is 0.217. The number of aryl methyl sites for hydroxylation is 2. The summed E-state index contributed by atoms with van der Waals surface area (Å²) in [6, 6.07) is 12.1. The summed E-state index contributed by atoms with van der Waals surface area (Å²) in [4.78, 5) is 4.73. The first-order chi connectivity index (χ1) is 11.6. The molecule has 1 heterocycles. The van der Waals surface area contributed by atoms with Gasteiger partial charge in [-0.1, -0.05) is 12.1 Å². The van der Waals surface area contributed by atoms with E-state index in [1.54, 1.807) is 14.2 Å². The number of imidazole rings is 1. The Morgan fingerprint density at radius 1 is 1.04 bits per heavy atom. The topological polar surface area (TPSA) is 60.1 Å². The van der Waals surface area contributed by atoms with E-state index < -0.39 is 0 Å². The molecule has 0 N–H and O–H groups in total. The molecular formula is C19H19N3O2. The molecule has 2 aromatic carbocycles. The predicted octanol–water partition coefficient (Wildman–Crippen LogP) is 3.86. The van der Waals surface area contributed by atoms with Gasteiger partial charge in [0.05, 0.1) is 31.3 Å². The maximum absolute atomic E-state index is 9.24. The number of rotatable bonds is 4. The van der Waals surface area contributed by atoms with E-state index in [9.17, 15) is 5.26 Å². The molecule has 3 aromatic rings. The van der Waals surface area contributed by atoms with E-state index >= 15 is 0 Å². The van der Waals surface area contributed by atoms with Crippen LogP contribution in [0.25, 0.3) is 22.4 Å². The monoisotopic (exact) mass is 321 g/mol. The van der Waals surface area contributed by atoms with E-state index in [-0.39, 0.29) is 6.54 Å². The minimum Gasteiger partial charge on any atom is -0.493 e. The number of aromatic nitrogens is 2. The molecule has 0 atom stereocenters. The van der Waals surface area contributed by atoms with Crippen LogP contribution in [0.4, 0.5) is 0 Å². The standard InChI is InChI=1S/C19H19N3O2/c1-12-5-6-14(9-13(12)2)19-21-15-10-17(23-3)18(24-4)11-16(15)22(19)8-7-20/h5-6,9-11H,8H2,1-4H3. The Morgan fingerprint density at radius 2 is 1.75 bits per heavy atom. The zero-order valence-corrected chi connectivity index (χ0v) is 14.3. The second kappa shape index (κ2) is 6.25. The molecule has 0 spiro atoms. The Morgan fingerprint density at radius 3 is 2.38 bits per heavy atom. The summed E-state index contributed by atoms with van der Waals surface area (Å²) < 4.78 is 12.6. The molecule has 0 aliphatic carbocycles. The average molecular weight is 321 g/mol. The zero-order valence-electron chi connectivity index (χ0n) is 14.3. The summed E-state index contributed by atoms with van der Waals surface area (Å²) >= 11 is 0. The van der Waals surface area contributed by atoms with Crippen LogP contribution in [0, 0.1) is 25.2 Å². The van der Waals surface area contributed by atoms with Crippen molar-refractivity contribution in [2.75, 3.05) is 14.2 Å². The Bertz CT molecular complexity index is 951. The van der Waals surface area contributed by atoms with Crippen LogP contribution < -0.4 is 9.47 Å². The molecule has 3 rings (SSSR count). The number of ether oxygens (including phenoxy) is 2. The third kappa shape index (κ3) is 2.56. The summed E-state index contributed by atoms with van der Waals surface area (Å²) in [5, 5.41) is 9.24. The molecule has 0 saturated heterocycles. The predicted molar refractivity (Wildman–Crippen MR) is 93.4 cm³/mol. The van der Waals surface area contributed by atoms with Gasteiger partial charge < -0.3 is 14.0 Å². The summed E-state index contributed by atoms with van der Waals surface area (Å²) in [6.45, 7) is 4.36. The van der Waals surface area contributed by atoms with E-state index in [0.717, 1.165) is 22.4 Å². The summed E-state index contributed by atoms with van der Waals surface area (Å²) in [7, 11) is 3.19. The molecule has 5 heteroatoms.